The number of aryl methyl sites for hydroxylation is 1. The van der Waals surface area contributed by atoms with E-state index in [4.69, 9.17) is 5.73 Å². The van der Waals surface area contributed by atoms with Crippen LogP contribution in [0.15, 0.2) is 36.4 Å². The van der Waals surface area contributed by atoms with Crippen molar-refractivity contribution in [2.45, 2.75) is 26.3 Å². The molecule has 0 spiro atoms. The molecule has 0 heterocycles. The van der Waals surface area contributed by atoms with Crippen molar-refractivity contribution < 1.29 is 4.79 Å². The van der Waals surface area contributed by atoms with Gasteiger partial charge in [0.2, 0.25) is 5.91 Å². The van der Waals surface area contributed by atoms with Crippen LogP contribution in [0.1, 0.15) is 18.9 Å². The monoisotopic (exact) mass is 244 g/mol. The summed E-state index contributed by atoms with van der Waals surface area (Å²) in [4.78, 5) is 14.3. The van der Waals surface area contributed by atoms with E-state index in [9.17, 15) is 4.79 Å². The Kier molecular flexibility index (Phi) is 3.82. The number of anilines is 1. The van der Waals surface area contributed by atoms with Crippen LogP contribution in [0.2, 0.25) is 0 Å². The summed E-state index contributed by atoms with van der Waals surface area (Å²) in [6, 6.07) is 8.06. The van der Waals surface area contributed by atoms with Gasteiger partial charge in [-0.05, 0) is 38.0 Å². The van der Waals surface area contributed by atoms with Gasteiger partial charge in [-0.3, -0.25) is 4.79 Å². The fraction of sp³-hybridized carbons (Fsp3) is 0.400. The smallest absolute Gasteiger partial charge is 0.233 e. The number of hydrogen-bond acceptors (Lipinski definition) is 2. The molecule has 2 rings (SSSR count). The highest BCUT2D eigenvalue weighted by molar-refractivity contribution is 5.96. The first kappa shape index (κ1) is 12.8. The van der Waals surface area contributed by atoms with Crippen LogP contribution in [0.25, 0.3) is 0 Å². The number of carbonyl (C=O) groups excluding carboxylic acids is 1. The Labute approximate surface area is 108 Å². The molecule has 1 aromatic carbocycles. The van der Waals surface area contributed by atoms with E-state index in [0.717, 1.165) is 17.7 Å². The molecular weight excluding hydrogens is 224 g/mol. The standard InChI is InChI=1S/C15H20N2O/c1-3-17(14-6-4-5-11(2)9-14)15(18)12-7-8-13(16)10-12/h4-9,12-13H,3,10,16H2,1-2H3. The quantitative estimate of drug-likeness (QED) is 0.829. The predicted molar refractivity (Wildman–Crippen MR) is 74.4 cm³/mol. The molecule has 2 unspecified atom stereocenters. The summed E-state index contributed by atoms with van der Waals surface area (Å²) in [5, 5.41) is 0. The summed E-state index contributed by atoms with van der Waals surface area (Å²) in [6.45, 7) is 4.72. The molecule has 0 aliphatic heterocycles. The number of amides is 1. The van der Waals surface area contributed by atoms with Crippen LogP contribution in [0, 0.1) is 12.8 Å². The first-order valence-corrected chi connectivity index (χ1v) is 6.43. The molecule has 96 valence electrons. The summed E-state index contributed by atoms with van der Waals surface area (Å²) < 4.78 is 0. The third kappa shape index (κ3) is 2.62. The van der Waals surface area contributed by atoms with Crippen molar-refractivity contribution >= 4 is 11.6 Å². The maximum atomic E-state index is 12.5. The van der Waals surface area contributed by atoms with Gasteiger partial charge in [-0.25, -0.2) is 0 Å². The largest absolute Gasteiger partial charge is 0.324 e. The van der Waals surface area contributed by atoms with Gasteiger partial charge in [0.25, 0.3) is 0 Å². The second-order valence-corrected chi connectivity index (χ2v) is 4.81. The van der Waals surface area contributed by atoms with Crippen LogP contribution in [0.3, 0.4) is 0 Å². The molecule has 0 radical (unpaired) electrons. The van der Waals surface area contributed by atoms with Crippen molar-refractivity contribution in [2.24, 2.45) is 11.7 Å². The average Bonchev–Trinajstić information content (AvgIpc) is 2.77. The number of nitrogens with zero attached hydrogens (tertiary/aromatic N) is 1. The van der Waals surface area contributed by atoms with Crippen molar-refractivity contribution in [1.29, 1.82) is 0 Å². The highest BCUT2D eigenvalue weighted by Crippen LogP contribution is 2.23. The van der Waals surface area contributed by atoms with Crippen LogP contribution >= 0.6 is 0 Å². The molecule has 18 heavy (non-hydrogen) atoms. The minimum Gasteiger partial charge on any atom is -0.324 e. The molecule has 3 heteroatoms. The number of benzene rings is 1. The summed E-state index contributed by atoms with van der Waals surface area (Å²) in [6.07, 6.45) is 4.58. The molecule has 1 aliphatic carbocycles. The molecule has 2 atom stereocenters. The summed E-state index contributed by atoms with van der Waals surface area (Å²) in [5.41, 5.74) is 7.94. The third-order valence-corrected chi connectivity index (χ3v) is 3.33. The highest BCUT2D eigenvalue weighted by atomic mass is 16.2. The molecule has 1 amide bonds. The van der Waals surface area contributed by atoms with E-state index in [1.54, 1.807) is 0 Å². The Morgan fingerprint density at radius 3 is 2.78 bits per heavy atom. The van der Waals surface area contributed by atoms with Crippen molar-refractivity contribution in [1.82, 2.24) is 0 Å². The number of rotatable bonds is 3. The first-order valence-electron chi connectivity index (χ1n) is 6.43. The molecule has 0 bridgehead atoms. The lowest BCUT2D eigenvalue weighted by Gasteiger charge is -2.24. The van der Waals surface area contributed by atoms with Crippen molar-refractivity contribution in [3.8, 4) is 0 Å². The number of hydrogen-bond donors (Lipinski definition) is 1. The fourth-order valence-electron chi connectivity index (χ4n) is 2.37. The third-order valence-electron chi connectivity index (χ3n) is 3.33. The molecule has 1 aliphatic rings. The van der Waals surface area contributed by atoms with E-state index in [2.05, 4.69) is 0 Å². The summed E-state index contributed by atoms with van der Waals surface area (Å²) in [5.74, 6) is 0.0766. The van der Waals surface area contributed by atoms with Gasteiger partial charge in [-0.1, -0.05) is 24.3 Å². The van der Waals surface area contributed by atoms with Crippen LogP contribution in [0.4, 0.5) is 5.69 Å². The van der Waals surface area contributed by atoms with Gasteiger partial charge in [-0.15, -0.1) is 0 Å². The molecule has 0 saturated carbocycles. The lowest BCUT2D eigenvalue weighted by Crippen LogP contribution is -2.36. The Hall–Kier alpha value is -1.61. The van der Waals surface area contributed by atoms with E-state index < -0.39 is 0 Å². The molecule has 2 N–H and O–H groups in total. The van der Waals surface area contributed by atoms with Crippen LogP contribution < -0.4 is 10.6 Å². The van der Waals surface area contributed by atoms with E-state index in [0.29, 0.717) is 6.54 Å². The zero-order chi connectivity index (χ0) is 13.1. The predicted octanol–water partition coefficient (Wildman–Crippen LogP) is 2.25. The highest BCUT2D eigenvalue weighted by Gasteiger charge is 2.27. The fourth-order valence-corrected chi connectivity index (χ4v) is 2.37. The minimum atomic E-state index is -0.0690. The van der Waals surface area contributed by atoms with Crippen LogP contribution in [-0.2, 0) is 4.79 Å². The molecule has 0 aromatic heterocycles. The van der Waals surface area contributed by atoms with Crippen LogP contribution in [-0.4, -0.2) is 18.5 Å². The molecule has 0 saturated heterocycles. The molecule has 0 fully saturated rings. The van der Waals surface area contributed by atoms with Gasteiger partial charge in [-0.2, -0.15) is 0 Å². The first-order chi connectivity index (χ1) is 8.61. The maximum absolute atomic E-state index is 12.5. The second-order valence-electron chi connectivity index (χ2n) is 4.81. The lowest BCUT2D eigenvalue weighted by atomic mass is 10.1. The van der Waals surface area contributed by atoms with E-state index in [1.165, 1.54) is 0 Å². The van der Waals surface area contributed by atoms with Gasteiger partial charge in [0.1, 0.15) is 0 Å². The average molecular weight is 244 g/mol. The normalized spacial score (nSPS) is 22.2. The Bertz CT molecular complexity index is 467. The van der Waals surface area contributed by atoms with Gasteiger partial charge in [0, 0.05) is 18.3 Å². The Balaban J connectivity index is 2.18. The zero-order valence-corrected chi connectivity index (χ0v) is 11.0. The SMILES string of the molecule is CCN(C(=O)C1C=CC(N)C1)c1cccc(C)c1. The van der Waals surface area contributed by atoms with Crippen molar-refractivity contribution in [3.63, 3.8) is 0 Å². The van der Waals surface area contributed by atoms with Gasteiger partial charge in [0.15, 0.2) is 0 Å². The number of nitrogens with two attached hydrogens (primary N) is 1. The Morgan fingerprint density at radius 1 is 1.44 bits per heavy atom. The van der Waals surface area contributed by atoms with Crippen LogP contribution in [0.5, 0.6) is 0 Å². The van der Waals surface area contributed by atoms with E-state index in [1.807, 2.05) is 55.2 Å². The van der Waals surface area contributed by atoms with Gasteiger partial charge in [0.05, 0.1) is 5.92 Å². The maximum Gasteiger partial charge on any atom is 0.233 e. The van der Waals surface area contributed by atoms with Gasteiger partial charge < -0.3 is 10.6 Å². The second kappa shape index (κ2) is 5.36. The lowest BCUT2D eigenvalue weighted by molar-refractivity contribution is -0.121. The van der Waals surface area contributed by atoms with Crippen molar-refractivity contribution in [3.05, 3.63) is 42.0 Å². The van der Waals surface area contributed by atoms with Gasteiger partial charge >= 0.3 is 0 Å². The minimum absolute atomic E-state index is 0.0233. The number of carbonyl (C=O) groups is 1. The topological polar surface area (TPSA) is 46.3 Å². The van der Waals surface area contributed by atoms with E-state index >= 15 is 0 Å². The molecule has 3 nitrogen and oxygen atoms in total. The molecular formula is C15H20N2O. The summed E-state index contributed by atoms with van der Waals surface area (Å²) in [7, 11) is 0. The molecule has 1 aromatic rings. The Morgan fingerprint density at radius 2 is 2.22 bits per heavy atom. The zero-order valence-electron chi connectivity index (χ0n) is 11.0. The van der Waals surface area contributed by atoms with E-state index in [-0.39, 0.29) is 17.9 Å². The van der Waals surface area contributed by atoms with Crippen molar-refractivity contribution in [2.75, 3.05) is 11.4 Å². The summed E-state index contributed by atoms with van der Waals surface area (Å²) >= 11 is 0.